The molecule has 0 amide bonds. The van der Waals surface area contributed by atoms with E-state index in [0.29, 0.717) is 16.8 Å². The molecule has 0 aliphatic rings. The van der Waals surface area contributed by atoms with E-state index in [9.17, 15) is 21.6 Å². The van der Waals surface area contributed by atoms with Crippen LogP contribution in [0.25, 0.3) is 11.1 Å². The number of hydrogen-bond acceptors (Lipinski definition) is 2. The van der Waals surface area contributed by atoms with Gasteiger partial charge in [0.1, 0.15) is 0 Å². The predicted octanol–water partition coefficient (Wildman–Crippen LogP) is 3.74. The van der Waals surface area contributed by atoms with Crippen LogP contribution in [0.3, 0.4) is 0 Å². The summed E-state index contributed by atoms with van der Waals surface area (Å²) in [5.41, 5.74) is 1.01. The third-order valence-electron chi connectivity index (χ3n) is 2.73. The highest BCUT2D eigenvalue weighted by molar-refractivity contribution is 7.92. The predicted molar refractivity (Wildman–Crippen MR) is 75.3 cm³/mol. The molecule has 1 N–H and O–H groups in total. The Bertz CT molecular complexity index is 720. The van der Waals surface area contributed by atoms with E-state index >= 15 is 0 Å². The first kappa shape index (κ1) is 15.4. The molecule has 0 bridgehead atoms. The summed E-state index contributed by atoms with van der Waals surface area (Å²) in [5.74, 6) is 0. The molecular weight excluding hydrogens is 303 g/mol. The van der Waals surface area contributed by atoms with Crippen LogP contribution >= 0.6 is 0 Å². The smallest absolute Gasteiger partial charge is 0.284 e. The molecule has 0 saturated carbocycles. The van der Waals surface area contributed by atoms with Crippen LogP contribution in [-0.2, 0) is 16.2 Å². The van der Waals surface area contributed by atoms with Gasteiger partial charge in [0.05, 0.1) is 11.8 Å². The third kappa shape index (κ3) is 4.22. The monoisotopic (exact) mass is 315 g/mol. The Morgan fingerprint density at radius 3 is 1.67 bits per heavy atom. The van der Waals surface area contributed by atoms with Crippen molar-refractivity contribution < 1.29 is 21.6 Å². The Kier molecular flexibility index (Phi) is 3.95. The molecule has 0 aliphatic heterocycles. The SMILES string of the molecule is CS(=O)(=O)Nc1ccc(-c2ccc(C(F)(F)F)cc2)cc1. The molecule has 2 aromatic rings. The van der Waals surface area contributed by atoms with Gasteiger partial charge in [0.15, 0.2) is 0 Å². The molecule has 2 aromatic carbocycles. The van der Waals surface area contributed by atoms with E-state index in [-0.39, 0.29) is 0 Å². The minimum Gasteiger partial charge on any atom is -0.284 e. The molecule has 0 radical (unpaired) electrons. The first-order chi connectivity index (χ1) is 9.65. The number of benzene rings is 2. The van der Waals surface area contributed by atoms with Gasteiger partial charge in [0, 0.05) is 5.69 Å². The molecule has 7 heteroatoms. The van der Waals surface area contributed by atoms with Gasteiger partial charge in [-0.3, -0.25) is 4.72 Å². The van der Waals surface area contributed by atoms with Gasteiger partial charge in [-0.05, 0) is 35.4 Å². The number of anilines is 1. The van der Waals surface area contributed by atoms with Crippen LogP contribution in [0.4, 0.5) is 18.9 Å². The Balaban J connectivity index is 2.23. The quantitative estimate of drug-likeness (QED) is 0.938. The van der Waals surface area contributed by atoms with Crippen molar-refractivity contribution in [2.45, 2.75) is 6.18 Å². The van der Waals surface area contributed by atoms with Gasteiger partial charge in [-0.1, -0.05) is 24.3 Å². The van der Waals surface area contributed by atoms with Gasteiger partial charge in [-0.15, -0.1) is 0 Å². The molecule has 0 spiro atoms. The molecule has 0 aromatic heterocycles. The van der Waals surface area contributed by atoms with E-state index in [2.05, 4.69) is 4.72 Å². The van der Waals surface area contributed by atoms with Crippen LogP contribution in [0.15, 0.2) is 48.5 Å². The molecule has 21 heavy (non-hydrogen) atoms. The maximum Gasteiger partial charge on any atom is 0.416 e. The summed E-state index contributed by atoms with van der Waals surface area (Å²) in [6.07, 6.45) is -3.32. The van der Waals surface area contributed by atoms with Crippen molar-refractivity contribution in [3.05, 3.63) is 54.1 Å². The lowest BCUT2D eigenvalue weighted by Gasteiger charge is -2.08. The average Bonchev–Trinajstić information content (AvgIpc) is 2.37. The van der Waals surface area contributed by atoms with Crippen LogP contribution < -0.4 is 4.72 Å². The average molecular weight is 315 g/mol. The molecule has 2 rings (SSSR count). The minimum atomic E-state index is -4.36. The third-order valence-corrected chi connectivity index (χ3v) is 3.34. The highest BCUT2D eigenvalue weighted by atomic mass is 32.2. The summed E-state index contributed by atoms with van der Waals surface area (Å²) in [6, 6.07) is 11.1. The summed E-state index contributed by atoms with van der Waals surface area (Å²) in [5, 5.41) is 0. The summed E-state index contributed by atoms with van der Waals surface area (Å²) < 4.78 is 61.9. The molecule has 3 nitrogen and oxygen atoms in total. The molecule has 0 unspecified atom stereocenters. The fourth-order valence-corrected chi connectivity index (χ4v) is 2.36. The number of halogens is 3. The van der Waals surface area contributed by atoms with Crippen molar-refractivity contribution in [1.82, 2.24) is 0 Å². The van der Waals surface area contributed by atoms with Crippen molar-refractivity contribution in [2.24, 2.45) is 0 Å². The number of hydrogen-bond donors (Lipinski definition) is 1. The fraction of sp³-hybridized carbons (Fsp3) is 0.143. The van der Waals surface area contributed by atoms with Gasteiger partial charge in [0.2, 0.25) is 10.0 Å². The van der Waals surface area contributed by atoms with Crippen molar-refractivity contribution in [3.8, 4) is 11.1 Å². The lowest BCUT2D eigenvalue weighted by molar-refractivity contribution is -0.137. The van der Waals surface area contributed by atoms with Crippen molar-refractivity contribution in [3.63, 3.8) is 0 Å². The second kappa shape index (κ2) is 5.40. The van der Waals surface area contributed by atoms with Gasteiger partial charge in [-0.25, -0.2) is 8.42 Å². The highest BCUT2D eigenvalue weighted by Gasteiger charge is 2.29. The largest absolute Gasteiger partial charge is 0.416 e. The molecule has 0 heterocycles. The first-order valence-corrected chi connectivity index (χ1v) is 7.80. The van der Waals surface area contributed by atoms with Gasteiger partial charge in [0.25, 0.3) is 0 Å². The summed E-state index contributed by atoms with van der Waals surface area (Å²) >= 11 is 0. The Hall–Kier alpha value is -2.02. The zero-order valence-corrected chi connectivity index (χ0v) is 11.8. The highest BCUT2D eigenvalue weighted by Crippen LogP contribution is 2.31. The normalized spacial score (nSPS) is 12.2. The van der Waals surface area contributed by atoms with Gasteiger partial charge >= 0.3 is 6.18 Å². The van der Waals surface area contributed by atoms with Crippen molar-refractivity contribution >= 4 is 15.7 Å². The molecule has 112 valence electrons. The van der Waals surface area contributed by atoms with E-state index in [1.807, 2.05) is 0 Å². The van der Waals surface area contributed by atoms with E-state index in [1.165, 1.54) is 12.1 Å². The zero-order chi connectivity index (χ0) is 15.7. The van der Waals surface area contributed by atoms with E-state index in [1.54, 1.807) is 24.3 Å². The Labute approximate surface area is 120 Å². The van der Waals surface area contributed by atoms with Crippen LogP contribution in [0, 0.1) is 0 Å². The zero-order valence-electron chi connectivity index (χ0n) is 11.0. The number of alkyl halides is 3. The van der Waals surface area contributed by atoms with Crippen molar-refractivity contribution in [1.29, 1.82) is 0 Å². The van der Waals surface area contributed by atoms with Crippen LogP contribution in [-0.4, -0.2) is 14.7 Å². The molecule has 0 aliphatic carbocycles. The Morgan fingerprint density at radius 1 is 0.857 bits per heavy atom. The number of sulfonamides is 1. The second-order valence-electron chi connectivity index (χ2n) is 4.53. The summed E-state index contributed by atoms with van der Waals surface area (Å²) in [7, 11) is -3.35. The van der Waals surface area contributed by atoms with Crippen LogP contribution in [0.5, 0.6) is 0 Å². The lowest BCUT2D eigenvalue weighted by atomic mass is 10.0. The number of rotatable bonds is 3. The second-order valence-corrected chi connectivity index (χ2v) is 6.28. The fourth-order valence-electron chi connectivity index (χ4n) is 1.80. The van der Waals surface area contributed by atoms with E-state index in [4.69, 9.17) is 0 Å². The van der Waals surface area contributed by atoms with Crippen LogP contribution in [0.2, 0.25) is 0 Å². The molecular formula is C14H12F3NO2S. The van der Waals surface area contributed by atoms with Gasteiger partial charge in [-0.2, -0.15) is 13.2 Å². The molecule has 0 saturated heterocycles. The van der Waals surface area contributed by atoms with Crippen LogP contribution in [0.1, 0.15) is 5.56 Å². The number of nitrogens with one attached hydrogen (secondary N) is 1. The van der Waals surface area contributed by atoms with E-state index in [0.717, 1.165) is 18.4 Å². The maximum atomic E-state index is 12.5. The molecule has 0 atom stereocenters. The van der Waals surface area contributed by atoms with Gasteiger partial charge < -0.3 is 0 Å². The first-order valence-electron chi connectivity index (χ1n) is 5.91. The summed E-state index contributed by atoms with van der Waals surface area (Å²) in [6.45, 7) is 0. The van der Waals surface area contributed by atoms with E-state index < -0.39 is 21.8 Å². The topological polar surface area (TPSA) is 46.2 Å². The lowest BCUT2D eigenvalue weighted by Crippen LogP contribution is -2.09. The molecule has 0 fully saturated rings. The maximum absolute atomic E-state index is 12.5. The standard InChI is InChI=1S/C14H12F3NO2S/c1-21(19,20)18-13-8-4-11(5-9-13)10-2-6-12(7-3-10)14(15,16)17/h2-9,18H,1H3. The minimum absolute atomic E-state index is 0.396. The van der Waals surface area contributed by atoms with Crippen molar-refractivity contribution in [2.75, 3.05) is 11.0 Å². The summed E-state index contributed by atoms with van der Waals surface area (Å²) in [4.78, 5) is 0. The Morgan fingerprint density at radius 2 is 1.29 bits per heavy atom.